The van der Waals surface area contributed by atoms with Crippen molar-refractivity contribution in [2.75, 3.05) is 13.2 Å². The van der Waals surface area contributed by atoms with Crippen molar-refractivity contribution < 1.29 is 9.47 Å². The first-order chi connectivity index (χ1) is 14.5. The number of nitrogens with two attached hydrogens (primary N) is 1. The molecule has 2 aliphatic rings. The summed E-state index contributed by atoms with van der Waals surface area (Å²) < 4.78 is 11.4. The van der Waals surface area contributed by atoms with Crippen LogP contribution in [-0.4, -0.2) is 13.2 Å². The lowest BCUT2D eigenvalue weighted by Gasteiger charge is -2.43. The Morgan fingerprint density at radius 1 is 1.13 bits per heavy atom. The second-order valence-electron chi connectivity index (χ2n) is 7.29. The van der Waals surface area contributed by atoms with Gasteiger partial charge in [0.15, 0.2) is 16.9 Å². The van der Waals surface area contributed by atoms with Crippen LogP contribution in [-0.2, 0) is 0 Å². The van der Waals surface area contributed by atoms with Gasteiger partial charge in [-0.2, -0.15) is 15.8 Å². The topological polar surface area (TPSA) is 116 Å². The number of ether oxygens (including phenoxy) is 2. The Hall–Kier alpha value is -3.14. The van der Waals surface area contributed by atoms with E-state index in [-0.39, 0.29) is 17.2 Å². The standard InChI is InChI=1S/C23H23ClN4O2/c1-3-29-19-9-16(18(24)10-20(19)30-4-2)21-15-8-6-5-7-14(15)17(11-25)22(28)23(21,12-26)13-27/h7,9-10,15,21H,3-6,8,28H2,1-2H3/t15-,21+/m1/s1. The Kier molecular flexibility index (Phi) is 6.25. The summed E-state index contributed by atoms with van der Waals surface area (Å²) in [7, 11) is 0. The Bertz CT molecular complexity index is 1020. The van der Waals surface area contributed by atoms with E-state index in [0.29, 0.717) is 35.3 Å². The summed E-state index contributed by atoms with van der Waals surface area (Å²) in [6.07, 6.45) is 4.44. The number of benzene rings is 1. The van der Waals surface area contributed by atoms with Crippen molar-refractivity contribution in [1.29, 1.82) is 15.8 Å². The van der Waals surface area contributed by atoms with Gasteiger partial charge in [0.1, 0.15) is 6.07 Å². The molecule has 1 aromatic rings. The van der Waals surface area contributed by atoms with Crippen molar-refractivity contribution in [2.45, 2.75) is 39.0 Å². The molecule has 0 fully saturated rings. The summed E-state index contributed by atoms with van der Waals surface area (Å²) in [5.74, 6) is 0.158. The van der Waals surface area contributed by atoms with Gasteiger partial charge in [0.25, 0.3) is 0 Å². The maximum absolute atomic E-state index is 10.1. The minimum absolute atomic E-state index is 0.00712. The quantitative estimate of drug-likeness (QED) is 0.733. The Morgan fingerprint density at radius 2 is 1.77 bits per heavy atom. The van der Waals surface area contributed by atoms with Crippen molar-refractivity contribution in [3.05, 3.63) is 45.6 Å². The summed E-state index contributed by atoms with van der Waals surface area (Å²) in [5, 5.41) is 30.4. The largest absolute Gasteiger partial charge is 0.490 e. The summed E-state index contributed by atoms with van der Waals surface area (Å²) in [6, 6.07) is 9.80. The van der Waals surface area contributed by atoms with Gasteiger partial charge in [0.2, 0.25) is 0 Å². The molecule has 0 spiro atoms. The number of rotatable bonds is 5. The highest BCUT2D eigenvalue weighted by atomic mass is 35.5. The van der Waals surface area contributed by atoms with Crippen LogP contribution in [0.3, 0.4) is 0 Å². The van der Waals surface area contributed by atoms with E-state index in [1.165, 1.54) is 0 Å². The van der Waals surface area contributed by atoms with Crippen LogP contribution >= 0.6 is 11.6 Å². The van der Waals surface area contributed by atoms with Crippen LogP contribution in [0, 0.1) is 45.3 Å². The van der Waals surface area contributed by atoms with Crippen LogP contribution < -0.4 is 15.2 Å². The van der Waals surface area contributed by atoms with Gasteiger partial charge >= 0.3 is 0 Å². The van der Waals surface area contributed by atoms with Crippen molar-refractivity contribution in [3.63, 3.8) is 0 Å². The molecule has 0 aliphatic heterocycles. The maximum Gasteiger partial charge on any atom is 0.191 e. The van der Waals surface area contributed by atoms with E-state index in [1.54, 1.807) is 12.1 Å². The average molecular weight is 423 g/mol. The normalized spacial score (nSPS) is 22.1. The average Bonchev–Trinajstić information content (AvgIpc) is 2.75. The smallest absolute Gasteiger partial charge is 0.191 e. The first-order valence-corrected chi connectivity index (χ1v) is 10.4. The minimum Gasteiger partial charge on any atom is -0.490 e. The maximum atomic E-state index is 10.1. The molecule has 6 nitrogen and oxygen atoms in total. The fourth-order valence-corrected chi connectivity index (χ4v) is 4.81. The molecule has 0 amide bonds. The molecule has 0 saturated heterocycles. The fourth-order valence-electron chi connectivity index (χ4n) is 4.54. The van der Waals surface area contributed by atoms with Gasteiger partial charge in [-0.05, 0) is 56.2 Å². The van der Waals surface area contributed by atoms with Crippen LogP contribution in [0.5, 0.6) is 11.5 Å². The number of hydrogen-bond donors (Lipinski definition) is 1. The van der Waals surface area contributed by atoms with Crippen LogP contribution in [0.25, 0.3) is 0 Å². The van der Waals surface area contributed by atoms with Gasteiger partial charge in [-0.15, -0.1) is 0 Å². The molecule has 30 heavy (non-hydrogen) atoms. The van der Waals surface area contributed by atoms with Crippen LogP contribution in [0.15, 0.2) is 35.1 Å². The second-order valence-corrected chi connectivity index (χ2v) is 7.70. The van der Waals surface area contributed by atoms with E-state index in [0.717, 1.165) is 24.8 Å². The fraction of sp³-hybridized carbons (Fsp3) is 0.435. The lowest BCUT2D eigenvalue weighted by Crippen LogP contribution is -2.42. The lowest BCUT2D eigenvalue weighted by atomic mass is 9.56. The number of allylic oxidation sites excluding steroid dienone is 4. The Labute approximate surface area is 181 Å². The molecule has 0 heterocycles. The summed E-state index contributed by atoms with van der Waals surface area (Å²) in [6.45, 7) is 4.59. The third-order valence-electron chi connectivity index (χ3n) is 5.80. The molecule has 2 atom stereocenters. The Morgan fingerprint density at radius 3 is 2.33 bits per heavy atom. The third-order valence-corrected chi connectivity index (χ3v) is 6.12. The molecule has 3 rings (SSSR count). The van der Waals surface area contributed by atoms with Gasteiger partial charge in [-0.3, -0.25) is 0 Å². The molecule has 0 radical (unpaired) electrons. The zero-order chi connectivity index (χ0) is 21.9. The Balaban J connectivity index is 2.32. The van der Waals surface area contributed by atoms with Crippen LogP contribution in [0.1, 0.15) is 44.6 Å². The first-order valence-electron chi connectivity index (χ1n) is 10.0. The number of fused-ring (bicyclic) bond motifs is 1. The zero-order valence-electron chi connectivity index (χ0n) is 17.0. The number of nitrogens with zero attached hydrogens (tertiary/aromatic N) is 3. The highest BCUT2D eigenvalue weighted by molar-refractivity contribution is 6.31. The molecule has 2 N–H and O–H groups in total. The van der Waals surface area contributed by atoms with E-state index in [1.807, 2.05) is 19.9 Å². The number of halogens is 1. The van der Waals surface area contributed by atoms with Gasteiger partial charge in [0.05, 0.1) is 36.6 Å². The summed E-state index contributed by atoms with van der Waals surface area (Å²) in [5.41, 5.74) is 6.25. The zero-order valence-corrected chi connectivity index (χ0v) is 17.8. The molecule has 1 aromatic carbocycles. The molecular weight excluding hydrogens is 400 g/mol. The monoisotopic (exact) mass is 422 g/mol. The van der Waals surface area contributed by atoms with Crippen LogP contribution in [0.4, 0.5) is 0 Å². The van der Waals surface area contributed by atoms with Crippen LogP contribution in [0.2, 0.25) is 5.02 Å². The third kappa shape index (κ3) is 3.26. The summed E-state index contributed by atoms with van der Waals surface area (Å²) >= 11 is 6.67. The number of nitriles is 3. The molecule has 0 unspecified atom stereocenters. The van der Waals surface area contributed by atoms with Gasteiger partial charge < -0.3 is 15.2 Å². The predicted molar refractivity (Wildman–Crippen MR) is 112 cm³/mol. The molecule has 0 bridgehead atoms. The molecule has 154 valence electrons. The second kappa shape index (κ2) is 8.70. The van der Waals surface area contributed by atoms with E-state index in [2.05, 4.69) is 18.2 Å². The van der Waals surface area contributed by atoms with Crippen molar-refractivity contribution in [2.24, 2.45) is 17.1 Å². The molecule has 0 aromatic heterocycles. The van der Waals surface area contributed by atoms with Crippen molar-refractivity contribution in [3.8, 4) is 29.7 Å². The minimum atomic E-state index is -1.70. The van der Waals surface area contributed by atoms with E-state index < -0.39 is 11.3 Å². The van der Waals surface area contributed by atoms with E-state index in [9.17, 15) is 15.8 Å². The van der Waals surface area contributed by atoms with Gasteiger partial charge in [-0.25, -0.2) is 0 Å². The number of hydrogen-bond acceptors (Lipinski definition) is 6. The molecule has 2 aliphatic carbocycles. The molecule has 7 heteroatoms. The molecule has 0 saturated carbocycles. The van der Waals surface area contributed by atoms with E-state index >= 15 is 0 Å². The highest BCUT2D eigenvalue weighted by Crippen LogP contribution is 2.57. The highest BCUT2D eigenvalue weighted by Gasteiger charge is 2.54. The predicted octanol–water partition coefficient (Wildman–Crippen LogP) is 4.73. The summed E-state index contributed by atoms with van der Waals surface area (Å²) in [4.78, 5) is 0. The van der Waals surface area contributed by atoms with Crippen molar-refractivity contribution in [1.82, 2.24) is 0 Å². The van der Waals surface area contributed by atoms with E-state index in [4.69, 9.17) is 26.8 Å². The van der Waals surface area contributed by atoms with Gasteiger partial charge in [0, 0.05) is 17.0 Å². The van der Waals surface area contributed by atoms with Crippen molar-refractivity contribution >= 4 is 11.6 Å². The molecular formula is C23H23ClN4O2. The lowest BCUT2D eigenvalue weighted by molar-refractivity contribution is 0.284. The SMILES string of the molecule is CCOc1cc(Cl)c([C@@H]2[C@@H]3CCCC=C3C(C#N)=C(N)C2(C#N)C#N)cc1OCC. The first kappa shape index (κ1) is 21.6. The van der Waals surface area contributed by atoms with Gasteiger partial charge in [-0.1, -0.05) is 17.7 Å².